The van der Waals surface area contributed by atoms with Crippen LogP contribution in [0.5, 0.6) is 0 Å². The Bertz CT molecular complexity index is 337. The third-order valence-electron chi connectivity index (χ3n) is 3.03. The maximum Gasteiger partial charge on any atom is 0.0596 e. The minimum Gasteiger partial charge on any atom is -0.326 e. The summed E-state index contributed by atoms with van der Waals surface area (Å²) in [5, 5.41) is 2.14. The molecular weight excluding hydrogens is 272 g/mol. The summed E-state index contributed by atoms with van der Waals surface area (Å²) in [5.41, 5.74) is 6.20. The number of hydrogen-bond donors (Lipinski definition) is 1. The number of hydrogen-bond acceptors (Lipinski definition) is 3. The fraction of sp³-hybridized carbons (Fsp3) is 0.636. The van der Waals surface area contributed by atoms with Gasteiger partial charge in [-0.25, -0.2) is 0 Å². The van der Waals surface area contributed by atoms with Crippen molar-refractivity contribution in [3.8, 4) is 0 Å². The maximum absolute atomic E-state index is 6.20. The predicted octanol–water partition coefficient (Wildman–Crippen LogP) is 2.99. The van der Waals surface area contributed by atoms with Crippen LogP contribution in [0.3, 0.4) is 0 Å². The molecule has 0 bridgehead atoms. The summed E-state index contributed by atoms with van der Waals surface area (Å²) in [6.07, 6.45) is 1.11. The molecule has 2 nitrogen and oxygen atoms in total. The fourth-order valence-corrected chi connectivity index (χ4v) is 3.92. The lowest BCUT2D eigenvalue weighted by Crippen LogP contribution is -2.35. The van der Waals surface area contributed by atoms with E-state index in [1.807, 2.05) is 0 Å². The van der Waals surface area contributed by atoms with Crippen LogP contribution < -0.4 is 5.73 Å². The van der Waals surface area contributed by atoms with Gasteiger partial charge in [0, 0.05) is 33.4 Å². The van der Waals surface area contributed by atoms with Crippen molar-refractivity contribution in [2.45, 2.75) is 38.4 Å². The van der Waals surface area contributed by atoms with Crippen molar-refractivity contribution in [3.63, 3.8) is 0 Å². The molecule has 2 rings (SSSR count). The van der Waals surface area contributed by atoms with Crippen molar-refractivity contribution < 1.29 is 0 Å². The van der Waals surface area contributed by atoms with Gasteiger partial charge in [-0.15, -0.1) is 11.3 Å². The van der Waals surface area contributed by atoms with E-state index in [1.165, 1.54) is 9.35 Å². The van der Waals surface area contributed by atoms with Crippen molar-refractivity contribution in [3.05, 3.63) is 20.8 Å². The smallest absolute Gasteiger partial charge is 0.0596 e. The average Bonchev–Trinajstić information content (AvgIpc) is 2.71. The number of nitrogens with zero attached hydrogens (tertiary/aromatic N) is 1. The molecule has 4 heteroatoms. The van der Waals surface area contributed by atoms with E-state index in [0.717, 1.165) is 13.0 Å². The average molecular weight is 289 g/mol. The lowest BCUT2D eigenvalue weighted by molar-refractivity contribution is 0.201. The minimum absolute atomic E-state index is 0.290. The number of likely N-dealkylation sites (tertiary alicyclic amines) is 1. The highest BCUT2D eigenvalue weighted by Crippen LogP contribution is 2.37. The lowest BCUT2D eigenvalue weighted by atomic mass is 10.1. The first-order chi connectivity index (χ1) is 7.09. The summed E-state index contributed by atoms with van der Waals surface area (Å²) in [7, 11) is 0. The van der Waals surface area contributed by atoms with Crippen LogP contribution in [0.2, 0.25) is 0 Å². The van der Waals surface area contributed by atoms with Gasteiger partial charge in [-0.2, -0.15) is 0 Å². The van der Waals surface area contributed by atoms with Crippen LogP contribution in [0.15, 0.2) is 15.9 Å². The lowest BCUT2D eigenvalue weighted by Gasteiger charge is -2.29. The summed E-state index contributed by atoms with van der Waals surface area (Å²) in [4.78, 5) is 3.89. The highest BCUT2D eigenvalue weighted by molar-refractivity contribution is 9.10. The van der Waals surface area contributed by atoms with E-state index in [1.54, 1.807) is 11.3 Å². The molecule has 0 saturated carbocycles. The summed E-state index contributed by atoms with van der Waals surface area (Å²) in [6, 6.07) is 3.49. The molecule has 1 aliphatic heterocycles. The van der Waals surface area contributed by atoms with Gasteiger partial charge in [0.05, 0.1) is 6.04 Å². The third kappa shape index (κ3) is 2.28. The molecule has 0 aliphatic carbocycles. The monoisotopic (exact) mass is 288 g/mol. The Labute approximate surface area is 104 Å². The van der Waals surface area contributed by atoms with Crippen molar-refractivity contribution in [1.29, 1.82) is 0 Å². The summed E-state index contributed by atoms with van der Waals surface area (Å²) < 4.78 is 1.17. The molecule has 0 amide bonds. The number of halogens is 1. The molecular formula is C11H17BrN2S. The first-order valence-electron chi connectivity index (χ1n) is 5.35. The van der Waals surface area contributed by atoms with Crippen LogP contribution in [0.4, 0.5) is 0 Å². The van der Waals surface area contributed by atoms with Gasteiger partial charge >= 0.3 is 0 Å². The van der Waals surface area contributed by atoms with Gasteiger partial charge in [0.1, 0.15) is 0 Å². The van der Waals surface area contributed by atoms with E-state index in [4.69, 9.17) is 5.73 Å². The van der Waals surface area contributed by atoms with E-state index < -0.39 is 0 Å². The maximum atomic E-state index is 6.20. The molecule has 1 aliphatic rings. The van der Waals surface area contributed by atoms with E-state index >= 15 is 0 Å². The Balaban J connectivity index is 2.24. The number of rotatable bonds is 2. The van der Waals surface area contributed by atoms with E-state index in [9.17, 15) is 0 Å². The normalized spacial score (nSPS) is 27.8. The first-order valence-corrected chi connectivity index (χ1v) is 7.02. The molecule has 0 radical (unpaired) electrons. The van der Waals surface area contributed by atoms with Gasteiger partial charge in [-0.3, -0.25) is 4.90 Å². The Kier molecular flexibility index (Phi) is 3.50. The SMILES string of the molecule is CC(C)N1CCC(N)C1c1cc(Br)cs1. The highest BCUT2D eigenvalue weighted by atomic mass is 79.9. The number of thiophene rings is 1. The Morgan fingerprint density at radius 3 is 2.87 bits per heavy atom. The van der Waals surface area contributed by atoms with Crippen LogP contribution in [0.25, 0.3) is 0 Å². The van der Waals surface area contributed by atoms with E-state index in [0.29, 0.717) is 12.1 Å². The van der Waals surface area contributed by atoms with E-state index in [-0.39, 0.29) is 6.04 Å². The largest absolute Gasteiger partial charge is 0.326 e. The Hall–Kier alpha value is 0.1000. The second-order valence-corrected chi connectivity index (χ2v) is 6.25. The van der Waals surface area contributed by atoms with Crippen molar-refractivity contribution in [1.82, 2.24) is 4.90 Å². The van der Waals surface area contributed by atoms with Crippen LogP contribution in [0, 0.1) is 0 Å². The van der Waals surface area contributed by atoms with Gasteiger partial charge in [0.15, 0.2) is 0 Å². The van der Waals surface area contributed by atoms with Gasteiger partial charge in [0.2, 0.25) is 0 Å². The second kappa shape index (κ2) is 4.53. The molecule has 2 N–H and O–H groups in total. The number of nitrogens with two attached hydrogens (primary N) is 1. The standard InChI is InChI=1S/C11H17BrN2S/c1-7(2)14-4-3-9(13)11(14)10-5-8(12)6-15-10/h5-7,9,11H,3-4,13H2,1-2H3. The van der Waals surface area contributed by atoms with Crippen LogP contribution in [-0.4, -0.2) is 23.5 Å². The first kappa shape index (κ1) is 11.6. The summed E-state index contributed by atoms with van der Waals surface area (Å²) in [6.45, 7) is 5.61. The Morgan fingerprint density at radius 2 is 2.33 bits per heavy atom. The van der Waals surface area contributed by atoms with Gasteiger partial charge in [0.25, 0.3) is 0 Å². The molecule has 2 atom stereocenters. The Morgan fingerprint density at radius 1 is 1.60 bits per heavy atom. The third-order valence-corrected chi connectivity index (χ3v) is 4.79. The molecule has 1 aromatic heterocycles. The topological polar surface area (TPSA) is 29.3 Å². The predicted molar refractivity (Wildman–Crippen MR) is 69.2 cm³/mol. The van der Waals surface area contributed by atoms with Crippen molar-refractivity contribution in [2.75, 3.05) is 6.54 Å². The highest BCUT2D eigenvalue weighted by Gasteiger charge is 2.35. The molecule has 0 aromatic carbocycles. The van der Waals surface area contributed by atoms with Gasteiger partial charge in [-0.1, -0.05) is 0 Å². The zero-order chi connectivity index (χ0) is 11.0. The molecule has 84 valence electrons. The van der Waals surface area contributed by atoms with E-state index in [2.05, 4.69) is 46.1 Å². The van der Waals surface area contributed by atoms with Crippen LogP contribution in [-0.2, 0) is 0 Å². The molecule has 2 heterocycles. The molecule has 0 spiro atoms. The van der Waals surface area contributed by atoms with Crippen LogP contribution >= 0.6 is 27.3 Å². The van der Waals surface area contributed by atoms with Crippen molar-refractivity contribution >= 4 is 27.3 Å². The summed E-state index contributed by atoms with van der Waals surface area (Å²) >= 11 is 5.31. The molecule has 1 aromatic rings. The quantitative estimate of drug-likeness (QED) is 0.907. The van der Waals surface area contributed by atoms with Gasteiger partial charge < -0.3 is 5.73 Å². The molecule has 1 fully saturated rings. The van der Waals surface area contributed by atoms with Gasteiger partial charge in [-0.05, 0) is 42.3 Å². The van der Waals surface area contributed by atoms with Crippen LogP contribution in [0.1, 0.15) is 31.2 Å². The molecule has 15 heavy (non-hydrogen) atoms. The zero-order valence-electron chi connectivity index (χ0n) is 9.11. The van der Waals surface area contributed by atoms with Crippen molar-refractivity contribution in [2.24, 2.45) is 5.73 Å². The summed E-state index contributed by atoms with van der Waals surface area (Å²) in [5.74, 6) is 0. The molecule has 1 saturated heterocycles. The fourth-order valence-electron chi connectivity index (χ4n) is 2.28. The zero-order valence-corrected chi connectivity index (χ0v) is 11.5. The minimum atomic E-state index is 0.290. The second-order valence-electron chi connectivity index (χ2n) is 4.40. The molecule has 2 unspecified atom stereocenters.